The second-order valence-electron chi connectivity index (χ2n) is 11.4. The summed E-state index contributed by atoms with van der Waals surface area (Å²) in [6.45, 7) is 11.0. The Morgan fingerprint density at radius 1 is 1.18 bits per heavy atom. The summed E-state index contributed by atoms with van der Waals surface area (Å²) >= 11 is 0. The lowest BCUT2D eigenvalue weighted by Gasteiger charge is -2.35. The molecule has 0 aliphatic carbocycles. The van der Waals surface area contributed by atoms with Gasteiger partial charge in [0.05, 0.1) is 30.3 Å². The minimum atomic E-state index is -2.79. The molecule has 2 aliphatic heterocycles. The number of morpholine rings is 1. The van der Waals surface area contributed by atoms with Crippen molar-refractivity contribution in [2.75, 3.05) is 49.6 Å². The summed E-state index contributed by atoms with van der Waals surface area (Å²) in [6, 6.07) is 8.82. The standard InChI is InChI=1S/C28H37F2N7O3/c1-18-17-39-13-12-36(18)22-14-23(37-21-10-6-5-9-20(21)32-25(37)24(29)30)34-26(33-22)31-15-19-8-7-11-35(16-19)27(38)40-28(2,3)4/h5-6,9-10,14,18-19,24H,7-8,11-13,15-17H2,1-4H3,(H,31,33,34)/t18-,19-/m1/s1. The van der Waals surface area contributed by atoms with Crippen LogP contribution in [0.4, 0.5) is 25.3 Å². The zero-order valence-corrected chi connectivity index (χ0v) is 23.4. The number of carbonyl (C=O) groups excluding carboxylic acids is 1. The molecule has 2 aliphatic rings. The van der Waals surface area contributed by atoms with E-state index < -0.39 is 12.0 Å². The van der Waals surface area contributed by atoms with Gasteiger partial charge in [-0.05, 0) is 58.6 Å². The number of carbonyl (C=O) groups is 1. The van der Waals surface area contributed by atoms with E-state index in [1.807, 2.05) is 27.7 Å². The van der Waals surface area contributed by atoms with E-state index in [-0.39, 0.29) is 23.9 Å². The number of amides is 1. The Hall–Kier alpha value is -3.54. The number of benzene rings is 1. The van der Waals surface area contributed by atoms with Crippen molar-refractivity contribution in [1.29, 1.82) is 0 Å². The molecule has 2 saturated heterocycles. The fourth-order valence-corrected chi connectivity index (χ4v) is 5.22. The van der Waals surface area contributed by atoms with E-state index in [2.05, 4.69) is 20.2 Å². The first-order valence-electron chi connectivity index (χ1n) is 13.8. The number of fused-ring (bicyclic) bond motifs is 1. The van der Waals surface area contributed by atoms with Crippen molar-refractivity contribution < 1.29 is 23.0 Å². The maximum absolute atomic E-state index is 14.2. The van der Waals surface area contributed by atoms with Gasteiger partial charge in [-0.25, -0.2) is 18.6 Å². The molecule has 3 aromatic rings. The minimum Gasteiger partial charge on any atom is -0.444 e. The number of para-hydroxylation sites is 2. The SMILES string of the molecule is C[C@@H]1COCCN1c1cc(-n2c(C(F)F)nc3ccccc32)nc(NC[C@H]2CCCN(C(=O)OC(C)(C)C)C2)n1. The van der Waals surface area contributed by atoms with Gasteiger partial charge in [0.25, 0.3) is 6.43 Å². The molecule has 0 bridgehead atoms. The van der Waals surface area contributed by atoms with Crippen molar-refractivity contribution >= 4 is 28.9 Å². The summed E-state index contributed by atoms with van der Waals surface area (Å²) in [5, 5.41) is 3.34. The van der Waals surface area contributed by atoms with Gasteiger partial charge < -0.3 is 24.6 Å². The largest absolute Gasteiger partial charge is 0.444 e. The summed E-state index contributed by atoms with van der Waals surface area (Å²) in [6.07, 6.45) is -1.31. The van der Waals surface area contributed by atoms with Gasteiger partial charge in [0.2, 0.25) is 5.95 Å². The molecule has 0 unspecified atom stereocenters. The van der Waals surface area contributed by atoms with Crippen LogP contribution in [0.15, 0.2) is 30.3 Å². The number of nitrogens with one attached hydrogen (secondary N) is 1. The van der Waals surface area contributed by atoms with Crippen LogP contribution in [0.2, 0.25) is 0 Å². The van der Waals surface area contributed by atoms with Crippen molar-refractivity contribution in [3.63, 3.8) is 0 Å². The van der Waals surface area contributed by atoms with Gasteiger partial charge in [0.1, 0.15) is 17.2 Å². The second-order valence-corrected chi connectivity index (χ2v) is 11.4. The van der Waals surface area contributed by atoms with Gasteiger partial charge in [-0.15, -0.1) is 0 Å². The maximum Gasteiger partial charge on any atom is 0.410 e. The highest BCUT2D eigenvalue weighted by molar-refractivity contribution is 5.78. The molecule has 2 aromatic heterocycles. The topological polar surface area (TPSA) is 97.6 Å². The van der Waals surface area contributed by atoms with E-state index in [0.29, 0.717) is 68.0 Å². The van der Waals surface area contributed by atoms with Crippen molar-refractivity contribution in [2.45, 2.75) is 58.6 Å². The highest BCUT2D eigenvalue weighted by Crippen LogP contribution is 2.30. The smallest absolute Gasteiger partial charge is 0.410 e. The van der Waals surface area contributed by atoms with Gasteiger partial charge in [0, 0.05) is 32.2 Å². The Morgan fingerprint density at radius 3 is 2.70 bits per heavy atom. The number of likely N-dealkylation sites (tertiary alicyclic amines) is 1. The van der Waals surface area contributed by atoms with Gasteiger partial charge in [0.15, 0.2) is 5.82 Å². The number of hydrogen-bond donors (Lipinski definition) is 1. The average molecular weight is 558 g/mol. The molecule has 1 aromatic carbocycles. The minimum absolute atomic E-state index is 0.0548. The molecule has 2 fully saturated rings. The van der Waals surface area contributed by atoms with Crippen LogP contribution < -0.4 is 10.2 Å². The summed E-state index contributed by atoms with van der Waals surface area (Å²) < 4.78 is 40.9. The van der Waals surface area contributed by atoms with E-state index in [1.165, 1.54) is 4.57 Å². The van der Waals surface area contributed by atoms with Crippen LogP contribution in [-0.2, 0) is 9.47 Å². The normalized spacial score (nSPS) is 20.3. The number of anilines is 2. The van der Waals surface area contributed by atoms with Crippen LogP contribution >= 0.6 is 0 Å². The van der Waals surface area contributed by atoms with Gasteiger partial charge in [-0.2, -0.15) is 9.97 Å². The number of hydrogen-bond acceptors (Lipinski definition) is 8. The number of halogens is 2. The van der Waals surface area contributed by atoms with Crippen molar-refractivity contribution in [1.82, 2.24) is 24.4 Å². The third-order valence-corrected chi connectivity index (χ3v) is 7.09. The summed E-state index contributed by atoms with van der Waals surface area (Å²) in [7, 11) is 0. The molecule has 0 saturated carbocycles. The Kier molecular flexibility index (Phi) is 8.07. The molecule has 216 valence electrons. The number of aromatic nitrogens is 4. The summed E-state index contributed by atoms with van der Waals surface area (Å²) in [5.41, 5.74) is 0.457. The van der Waals surface area contributed by atoms with E-state index in [1.54, 1.807) is 35.2 Å². The number of imidazole rings is 1. The molecular formula is C28H37F2N7O3. The van der Waals surface area contributed by atoms with Crippen molar-refractivity contribution in [3.8, 4) is 5.82 Å². The van der Waals surface area contributed by atoms with Crippen molar-refractivity contribution in [2.24, 2.45) is 5.92 Å². The lowest BCUT2D eigenvalue weighted by Crippen LogP contribution is -2.44. The monoisotopic (exact) mass is 557 g/mol. The Bertz CT molecular complexity index is 1340. The molecule has 2 atom stereocenters. The van der Waals surface area contributed by atoms with Crippen LogP contribution in [0, 0.1) is 5.92 Å². The molecule has 4 heterocycles. The quantitative estimate of drug-likeness (QED) is 0.451. The van der Waals surface area contributed by atoms with Gasteiger partial charge >= 0.3 is 6.09 Å². The zero-order valence-electron chi connectivity index (χ0n) is 23.4. The van der Waals surface area contributed by atoms with E-state index >= 15 is 0 Å². The van der Waals surface area contributed by atoms with Crippen LogP contribution in [0.1, 0.15) is 52.8 Å². The average Bonchev–Trinajstić information content (AvgIpc) is 3.31. The molecule has 10 nitrogen and oxygen atoms in total. The van der Waals surface area contributed by atoms with Gasteiger partial charge in [-0.1, -0.05) is 12.1 Å². The van der Waals surface area contributed by atoms with Crippen LogP contribution in [-0.4, -0.2) is 81.5 Å². The van der Waals surface area contributed by atoms with Crippen LogP contribution in [0.3, 0.4) is 0 Å². The second kappa shape index (κ2) is 11.5. The summed E-state index contributed by atoms with van der Waals surface area (Å²) in [4.78, 5) is 30.1. The Labute approximate surface area is 232 Å². The summed E-state index contributed by atoms with van der Waals surface area (Å²) in [5.74, 6) is 1.06. The maximum atomic E-state index is 14.2. The lowest BCUT2D eigenvalue weighted by molar-refractivity contribution is 0.0172. The zero-order chi connectivity index (χ0) is 28.4. The Morgan fingerprint density at radius 2 is 1.95 bits per heavy atom. The predicted octanol–water partition coefficient (Wildman–Crippen LogP) is 5.04. The molecule has 5 rings (SSSR count). The highest BCUT2D eigenvalue weighted by Gasteiger charge is 2.29. The van der Waals surface area contributed by atoms with E-state index in [0.717, 1.165) is 12.8 Å². The molecule has 0 radical (unpaired) electrons. The molecular weight excluding hydrogens is 520 g/mol. The first kappa shape index (κ1) is 28.0. The number of piperidine rings is 1. The molecule has 1 N–H and O–H groups in total. The predicted molar refractivity (Wildman–Crippen MR) is 148 cm³/mol. The molecule has 0 spiro atoms. The Balaban J connectivity index is 1.44. The van der Waals surface area contributed by atoms with E-state index in [9.17, 15) is 13.6 Å². The third-order valence-electron chi connectivity index (χ3n) is 7.09. The first-order chi connectivity index (χ1) is 19.1. The van der Waals surface area contributed by atoms with Crippen molar-refractivity contribution in [3.05, 3.63) is 36.2 Å². The third kappa shape index (κ3) is 6.27. The fraction of sp³-hybridized carbons (Fsp3) is 0.571. The molecule has 12 heteroatoms. The molecule has 1 amide bonds. The lowest BCUT2D eigenvalue weighted by atomic mass is 9.98. The number of rotatable bonds is 6. The number of nitrogens with zero attached hydrogens (tertiary/aromatic N) is 6. The highest BCUT2D eigenvalue weighted by atomic mass is 19.3. The van der Waals surface area contributed by atoms with E-state index in [4.69, 9.17) is 14.5 Å². The van der Waals surface area contributed by atoms with Crippen LogP contribution in [0.25, 0.3) is 16.9 Å². The number of alkyl halides is 2. The molecule has 40 heavy (non-hydrogen) atoms. The first-order valence-corrected chi connectivity index (χ1v) is 13.8. The number of ether oxygens (including phenoxy) is 2. The van der Waals surface area contributed by atoms with Crippen LogP contribution in [0.5, 0.6) is 0 Å². The van der Waals surface area contributed by atoms with Gasteiger partial charge in [-0.3, -0.25) is 4.57 Å². The fourth-order valence-electron chi connectivity index (χ4n) is 5.22.